The molecule has 0 fully saturated rings. The zero-order valence-corrected chi connectivity index (χ0v) is 14.4. The maximum absolute atomic E-state index is 12.4. The lowest BCUT2D eigenvalue weighted by atomic mass is 9.90. The molecule has 1 atom stereocenters. The fraction of sp³-hybridized carbons (Fsp3) is 0.316. The van der Waals surface area contributed by atoms with Crippen LogP contribution >= 0.6 is 0 Å². The van der Waals surface area contributed by atoms with Crippen molar-refractivity contribution in [2.75, 3.05) is 6.54 Å². The van der Waals surface area contributed by atoms with Crippen LogP contribution in [-0.2, 0) is 22.6 Å². The smallest absolute Gasteiger partial charge is 0.371 e. The molecule has 0 aliphatic carbocycles. The summed E-state index contributed by atoms with van der Waals surface area (Å²) >= 11 is 0. The predicted octanol–water partition coefficient (Wildman–Crippen LogP) is 2.13. The minimum atomic E-state index is -1.15. The number of carboxylic acid groups (broad SMARTS) is 1. The summed E-state index contributed by atoms with van der Waals surface area (Å²) in [6, 6.07) is 10.4. The van der Waals surface area contributed by atoms with Crippen LogP contribution in [0.1, 0.15) is 46.8 Å². The van der Waals surface area contributed by atoms with E-state index in [1.165, 1.54) is 19.1 Å². The molecule has 7 heteroatoms. The monoisotopic (exact) mass is 356 g/mol. The van der Waals surface area contributed by atoms with Gasteiger partial charge in [0.1, 0.15) is 5.76 Å². The van der Waals surface area contributed by atoms with Gasteiger partial charge in [0, 0.05) is 13.5 Å². The maximum Gasteiger partial charge on any atom is 0.371 e. The molecule has 0 radical (unpaired) electrons. The maximum atomic E-state index is 12.4. The minimum Gasteiger partial charge on any atom is -0.475 e. The largest absolute Gasteiger partial charge is 0.475 e. The molecule has 0 bridgehead atoms. The van der Waals surface area contributed by atoms with Crippen molar-refractivity contribution in [3.63, 3.8) is 0 Å². The molecular formula is C19H20N2O5. The summed E-state index contributed by atoms with van der Waals surface area (Å²) in [7, 11) is 0. The Hall–Kier alpha value is -3.09. The van der Waals surface area contributed by atoms with Crippen molar-refractivity contribution in [2.45, 2.75) is 32.4 Å². The van der Waals surface area contributed by atoms with Crippen LogP contribution in [0.5, 0.6) is 0 Å². The van der Waals surface area contributed by atoms with Gasteiger partial charge in [0.15, 0.2) is 0 Å². The van der Waals surface area contributed by atoms with E-state index in [4.69, 9.17) is 9.52 Å². The van der Waals surface area contributed by atoms with Crippen molar-refractivity contribution in [1.82, 2.24) is 10.2 Å². The zero-order valence-electron chi connectivity index (χ0n) is 14.4. The van der Waals surface area contributed by atoms with Gasteiger partial charge in [-0.05, 0) is 29.7 Å². The van der Waals surface area contributed by atoms with Crippen molar-refractivity contribution >= 4 is 17.8 Å². The van der Waals surface area contributed by atoms with Crippen LogP contribution in [-0.4, -0.2) is 34.3 Å². The van der Waals surface area contributed by atoms with Gasteiger partial charge >= 0.3 is 5.97 Å². The van der Waals surface area contributed by atoms with E-state index in [2.05, 4.69) is 5.32 Å². The first-order valence-electron chi connectivity index (χ1n) is 8.39. The number of carboxylic acids is 1. The molecule has 1 aliphatic rings. The van der Waals surface area contributed by atoms with Crippen molar-refractivity contribution in [3.05, 3.63) is 59.0 Å². The summed E-state index contributed by atoms with van der Waals surface area (Å²) in [6.45, 7) is 2.19. The van der Waals surface area contributed by atoms with Crippen LogP contribution < -0.4 is 5.32 Å². The Kier molecular flexibility index (Phi) is 5.06. The predicted molar refractivity (Wildman–Crippen MR) is 92.4 cm³/mol. The quantitative estimate of drug-likeness (QED) is 0.855. The number of carbonyl (C=O) groups is 3. The lowest BCUT2D eigenvalue weighted by Crippen LogP contribution is -2.41. The van der Waals surface area contributed by atoms with Gasteiger partial charge < -0.3 is 19.7 Å². The van der Waals surface area contributed by atoms with Gasteiger partial charge in [-0.25, -0.2) is 4.79 Å². The summed E-state index contributed by atoms with van der Waals surface area (Å²) in [4.78, 5) is 36.9. The Bertz CT molecular complexity index is 842. The third kappa shape index (κ3) is 3.77. The van der Waals surface area contributed by atoms with Gasteiger partial charge in [-0.1, -0.05) is 24.3 Å². The van der Waals surface area contributed by atoms with E-state index < -0.39 is 5.97 Å². The van der Waals surface area contributed by atoms with E-state index in [9.17, 15) is 14.4 Å². The molecule has 2 heterocycles. The molecule has 136 valence electrons. The van der Waals surface area contributed by atoms with Crippen LogP contribution in [0.15, 0.2) is 40.8 Å². The molecular weight excluding hydrogens is 336 g/mol. The topological polar surface area (TPSA) is 99.9 Å². The van der Waals surface area contributed by atoms with Gasteiger partial charge in [-0.2, -0.15) is 0 Å². The average molecular weight is 356 g/mol. The molecule has 1 unspecified atom stereocenters. The summed E-state index contributed by atoms with van der Waals surface area (Å²) in [5.74, 6) is -1.25. The van der Waals surface area contributed by atoms with Crippen LogP contribution in [0.3, 0.4) is 0 Å². The second-order valence-electron chi connectivity index (χ2n) is 6.23. The summed E-state index contributed by atoms with van der Waals surface area (Å²) in [6.07, 6.45) is 0.918. The first-order valence-corrected chi connectivity index (χ1v) is 8.39. The van der Waals surface area contributed by atoms with Gasteiger partial charge in [0.25, 0.3) is 0 Å². The van der Waals surface area contributed by atoms with Crippen LogP contribution in [0.25, 0.3) is 0 Å². The van der Waals surface area contributed by atoms with E-state index in [0.29, 0.717) is 12.3 Å². The van der Waals surface area contributed by atoms with Gasteiger partial charge in [0.2, 0.25) is 17.6 Å². The first kappa shape index (κ1) is 17.7. The van der Waals surface area contributed by atoms with Crippen molar-refractivity contribution in [1.29, 1.82) is 0 Å². The lowest BCUT2D eigenvalue weighted by Gasteiger charge is -2.36. The number of nitrogens with zero attached hydrogens (tertiary/aromatic N) is 1. The number of amides is 2. The number of rotatable bonds is 5. The highest BCUT2D eigenvalue weighted by atomic mass is 16.4. The molecule has 2 N–H and O–H groups in total. The van der Waals surface area contributed by atoms with E-state index in [0.717, 1.165) is 17.5 Å². The van der Waals surface area contributed by atoms with Gasteiger partial charge in [0.05, 0.1) is 19.0 Å². The standard InChI is InChI=1S/C19H20N2O5/c1-12(22)21-9-8-13-4-2-3-5-15(13)16(21)10-18(23)20-11-14-6-7-17(26-14)19(24)25/h2-7,16H,8-11H2,1H3,(H,20,23)(H,24,25). The molecule has 1 aromatic heterocycles. The molecule has 3 rings (SSSR count). The normalized spacial score (nSPS) is 16.0. The Morgan fingerprint density at radius 2 is 2.00 bits per heavy atom. The van der Waals surface area contributed by atoms with E-state index in [1.807, 2.05) is 24.3 Å². The van der Waals surface area contributed by atoms with E-state index in [1.54, 1.807) is 4.90 Å². The molecule has 26 heavy (non-hydrogen) atoms. The van der Waals surface area contributed by atoms with Crippen molar-refractivity contribution < 1.29 is 23.9 Å². The molecule has 0 saturated heterocycles. The molecule has 1 aliphatic heterocycles. The number of benzene rings is 1. The Balaban J connectivity index is 1.68. The highest BCUT2D eigenvalue weighted by molar-refractivity contribution is 5.84. The van der Waals surface area contributed by atoms with Gasteiger partial charge in [-0.3, -0.25) is 9.59 Å². The second-order valence-corrected chi connectivity index (χ2v) is 6.23. The summed E-state index contributed by atoms with van der Waals surface area (Å²) in [5.41, 5.74) is 2.15. The average Bonchev–Trinajstić information content (AvgIpc) is 3.09. The number of aromatic carboxylic acids is 1. The number of hydrogen-bond donors (Lipinski definition) is 2. The number of nitrogens with one attached hydrogen (secondary N) is 1. The fourth-order valence-corrected chi connectivity index (χ4v) is 3.27. The molecule has 2 amide bonds. The highest BCUT2D eigenvalue weighted by Crippen LogP contribution is 2.32. The Morgan fingerprint density at radius 1 is 1.23 bits per heavy atom. The van der Waals surface area contributed by atoms with Gasteiger partial charge in [-0.15, -0.1) is 0 Å². The van der Waals surface area contributed by atoms with E-state index in [-0.39, 0.29) is 36.6 Å². The number of hydrogen-bond acceptors (Lipinski definition) is 4. The molecule has 7 nitrogen and oxygen atoms in total. The lowest BCUT2D eigenvalue weighted by molar-refractivity contribution is -0.133. The summed E-state index contributed by atoms with van der Waals surface area (Å²) < 4.78 is 5.12. The Labute approximate surface area is 150 Å². The summed E-state index contributed by atoms with van der Waals surface area (Å²) in [5, 5.41) is 11.6. The second kappa shape index (κ2) is 7.43. The highest BCUT2D eigenvalue weighted by Gasteiger charge is 2.30. The van der Waals surface area contributed by atoms with Crippen LogP contribution in [0.4, 0.5) is 0 Å². The molecule has 2 aromatic rings. The third-order valence-corrected chi connectivity index (χ3v) is 4.53. The zero-order chi connectivity index (χ0) is 18.7. The fourth-order valence-electron chi connectivity index (χ4n) is 3.27. The SMILES string of the molecule is CC(=O)N1CCc2ccccc2C1CC(=O)NCc1ccc(C(=O)O)o1. The minimum absolute atomic E-state index is 0.0607. The third-order valence-electron chi connectivity index (χ3n) is 4.53. The van der Waals surface area contributed by atoms with Crippen molar-refractivity contribution in [3.8, 4) is 0 Å². The molecule has 1 aromatic carbocycles. The first-order chi connectivity index (χ1) is 12.5. The number of fused-ring (bicyclic) bond motifs is 1. The van der Waals surface area contributed by atoms with Crippen LogP contribution in [0.2, 0.25) is 0 Å². The van der Waals surface area contributed by atoms with E-state index >= 15 is 0 Å². The number of carbonyl (C=O) groups excluding carboxylic acids is 2. The Morgan fingerprint density at radius 3 is 2.69 bits per heavy atom. The van der Waals surface area contributed by atoms with Crippen LogP contribution in [0, 0.1) is 0 Å². The molecule has 0 spiro atoms. The van der Waals surface area contributed by atoms with Crippen molar-refractivity contribution in [2.24, 2.45) is 0 Å². The number of furan rings is 1. The molecule has 0 saturated carbocycles.